The molecule has 0 spiro atoms. The van der Waals surface area contributed by atoms with Crippen LogP contribution in [0, 0.1) is 11.8 Å². The van der Waals surface area contributed by atoms with Crippen molar-refractivity contribution in [2.75, 3.05) is 31.6 Å². The Labute approximate surface area is 198 Å². The fraction of sp³-hybridized carbons (Fsp3) is 0.696. The van der Waals surface area contributed by atoms with Crippen molar-refractivity contribution >= 4 is 42.5 Å². The Hall–Kier alpha value is -0.460. The summed E-state index contributed by atoms with van der Waals surface area (Å²) in [4.78, 5) is 17.8. The van der Waals surface area contributed by atoms with E-state index in [9.17, 15) is 4.79 Å². The number of nitrogens with zero attached hydrogens (tertiary/aromatic N) is 2. The van der Waals surface area contributed by atoms with Gasteiger partial charge in [0.1, 0.15) is 0 Å². The maximum Gasteiger partial charge on any atom is 0.239 e. The van der Waals surface area contributed by atoms with E-state index in [1.807, 2.05) is 0 Å². The summed E-state index contributed by atoms with van der Waals surface area (Å²) in [7, 11) is 0. The summed E-state index contributed by atoms with van der Waals surface area (Å²) in [6, 6.07) is 12.0. The van der Waals surface area contributed by atoms with Crippen molar-refractivity contribution in [3.05, 3.63) is 35.9 Å². The van der Waals surface area contributed by atoms with Crippen LogP contribution >= 0.6 is 36.6 Å². The summed E-state index contributed by atoms with van der Waals surface area (Å²) in [5, 5.41) is 0. The molecule has 0 saturated carbocycles. The van der Waals surface area contributed by atoms with E-state index in [0.29, 0.717) is 23.9 Å². The number of halogens is 2. The second kappa shape index (κ2) is 12.0. The first-order valence-corrected chi connectivity index (χ1v) is 12.4. The number of amides is 1. The Balaban J connectivity index is 0.00000160. The van der Waals surface area contributed by atoms with Crippen LogP contribution in [0.3, 0.4) is 0 Å². The van der Waals surface area contributed by atoms with Gasteiger partial charge in [0.05, 0.1) is 6.04 Å². The van der Waals surface area contributed by atoms with Crippen molar-refractivity contribution in [1.29, 1.82) is 0 Å². The molecule has 0 aromatic heterocycles. The van der Waals surface area contributed by atoms with Gasteiger partial charge in [0, 0.05) is 31.7 Å². The van der Waals surface area contributed by atoms with Crippen molar-refractivity contribution in [3.63, 3.8) is 0 Å². The summed E-state index contributed by atoms with van der Waals surface area (Å²) >= 11 is 1.77. The number of piperidine rings is 3. The minimum Gasteiger partial charge on any atom is -0.341 e. The van der Waals surface area contributed by atoms with Gasteiger partial charge < -0.3 is 10.6 Å². The maximum absolute atomic E-state index is 12.9. The lowest BCUT2D eigenvalue weighted by Crippen LogP contribution is -2.63. The Morgan fingerprint density at radius 1 is 1.17 bits per heavy atom. The van der Waals surface area contributed by atoms with Crippen molar-refractivity contribution in [2.45, 2.75) is 56.7 Å². The highest BCUT2D eigenvalue weighted by Gasteiger charge is 2.45. The zero-order chi connectivity index (χ0) is 19.5. The molecule has 2 bridgehead atoms. The average molecular weight is 475 g/mol. The van der Waals surface area contributed by atoms with Gasteiger partial charge >= 0.3 is 0 Å². The van der Waals surface area contributed by atoms with E-state index < -0.39 is 0 Å². The molecule has 3 aliphatic heterocycles. The molecule has 0 unspecified atom stereocenters. The number of fused-ring (bicyclic) bond motifs is 4. The van der Waals surface area contributed by atoms with E-state index in [4.69, 9.17) is 5.73 Å². The Morgan fingerprint density at radius 2 is 1.93 bits per heavy atom. The monoisotopic (exact) mass is 473 g/mol. The largest absolute Gasteiger partial charge is 0.341 e. The Morgan fingerprint density at radius 3 is 2.67 bits per heavy atom. The third-order valence-corrected chi connectivity index (χ3v) is 7.73. The molecule has 3 heterocycles. The summed E-state index contributed by atoms with van der Waals surface area (Å²) in [6.07, 6.45) is 9.26. The first-order valence-electron chi connectivity index (χ1n) is 11.0. The third kappa shape index (κ3) is 5.86. The highest BCUT2D eigenvalue weighted by Crippen LogP contribution is 2.40. The van der Waals surface area contributed by atoms with Crippen molar-refractivity contribution in [2.24, 2.45) is 17.6 Å². The van der Waals surface area contributed by atoms with Crippen LogP contribution in [-0.2, 0) is 11.2 Å². The maximum atomic E-state index is 12.9. The first kappa shape index (κ1) is 25.8. The molecule has 3 aliphatic rings. The number of hydrogen-bond acceptors (Lipinski definition) is 4. The number of benzene rings is 1. The molecule has 1 aromatic rings. The van der Waals surface area contributed by atoms with Crippen molar-refractivity contribution < 1.29 is 4.79 Å². The number of thioether (sulfide) groups is 1. The lowest BCUT2D eigenvalue weighted by atomic mass is 9.74. The number of rotatable bonds is 6. The van der Waals surface area contributed by atoms with Crippen LogP contribution in [0.25, 0.3) is 0 Å². The molecule has 2 N–H and O–H groups in total. The number of carbonyl (C=O) groups is 1. The number of likely N-dealkylation sites (tertiary alicyclic amines) is 1. The van der Waals surface area contributed by atoms with Gasteiger partial charge in [0.2, 0.25) is 5.91 Å². The van der Waals surface area contributed by atoms with Crippen LogP contribution in [-0.4, -0.2) is 65.5 Å². The molecule has 3 fully saturated rings. The van der Waals surface area contributed by atoms with E-state index in [2.05, 4.69) is 46.4 Å². The van der Waals surface area contributed by atoms with Crippen LogP contribution < -0.4 is 5.73 Å². The molecule has 3 saturated heterocycles. The van der Waals surface area contributed by atoms with E-state index in [1.165, 1.54) is 37.7 Å². The topological polar surface area (TPSA) is 49.6 Å². The quantitative estimate of drug-likeness (QED) is 0.681. The first-order chi connectivity index (χ1) is 13.7. The third-order valence-electron chi connectivity index (χ3n) is 7.09. The van der Waals surface area contributed by atoms with E-state index in [1.54, 1.807) is 11.8 Å². The molecule has 5 atom stereocenters. The smallest absolute Gasteiger partial charge is 0.239 e. The second-order valence-electron chi connectivity index (χ2n) is 9.03. The normalized spacial score (nSPS) is 29.2. The molecular weight excluding hydrogens is 437 g/mol. The summed E-state index contributed by atoms with van der Waals surface area (Å²) < 4.78 is 0. The molecule has 1 amide bonds. The van der Waals surface area contributed by atoms with Gasteiger partial charge in [-0.25, -0.2) is 0 Å². The van der Waals surface area contributed by atoms with Crippen molar-refractivity contribution in [1.82, 2.24) is 9.80 Å². The lowest BCUT2D eigenvalue weighted by molar-refractivity contribution is -0.140. The van der Waals surface area contributed by atoms with Crippen LogP contribution in [0.1, 0.15) is 37.7 Å². The van der Waals surface area contributed by atoms with Crippen LogP contribution in [0.5, 0.6) is 0 Å². The predicted molar refractivity (Wildman–Crippen MR) is 132 cm³/mol. The van der Waals surface area contributed by atoms with E-state index in [0.717, 1.165) is 31.8 Å². The molecule has 0 aliphatic carbocycles. The number of carbonyl (C=O) groups excluding carboxylic acids is 1. The molecule has 4 nitrogen and oxygen atoms in total. The van der Waals surface area contributed by atoms with Crippen molar-refractivity contribution in [3.8, 4) is 0 Å². The fourth-order valence-electron chi connectivity index (χ4n) is 5.80. The Bertz CT molecular complexity index is 665. The molecule has 7 heteroatoms. The minimum absolute atomic E-state index is 0. The zero-order valence-electron chi connectivity index (χ0n) is 17.9. The fourth-order valence-corrected chi connectivity index (χ4v) is 6.29. The van der Waals surface area contributed by atoms with E-state index >= 15 is 0 Å². The van der Waals surface area contributed by atoms with Crippen LogP contribution in [0.2, 0.25) is 0 Å². The van der Waals surface area contributed by atoms with E-state index in [-0.39, 0.29) is 36.8 Å². The van der Waals surface area contributed by atoms with Gasteiger partial charge in [-0.2, -0.15) is 11.8 Å². The van der Waals surface area contributed by atoms with Gasteiger partial charge in [0.25, 0.3) is 0 Å². The number of nitrogens with two attached hydrogens (primary N) is 1. The summed E-state index contributed by atoms with van der Waals surface area (Å²) in [5.41, 5.74) is 7.67. The minimum atomic E-state index is -0.320. The SMILES string of the molecule is CSCC[C@@H](N)C(=O)N1C[C@@H]2C[C@H](C1)[C@@H]1CCC[C@H](Cc3ccccc3)N1C2.Cl.Cl. The molecule has 30 heavy (non-hydrogen) atoms. The Kier molecular flexibility index (Phi) is 10.3. The standard InChI is InChI=1S/C23H35N3OS.2ClH/c1-28-11-10-21(24)23(27)25-14-18-12-19(16-25)22-9-5-8-20(26(22)15-18)13-17-6-3-2-4-7-17;;/h2-4,6-7,18-22H,5,8-16,24H2,1H3;2*1H/t18-,19+,20+,21+,22-;;/m0../s1. The number of hydrogen-bond donors (Lipinski definition) is 1. The average Bonchev–Trinajstić information content (AvgIpc) is 2.72. The molecule has 4 rings (SSSR count). The molecule has 0 radical (unpaired) electrons. The lowest BCUT2D eigenvalue weighted by Gasteiger charge is -2.55. The molecule has 1 aromatic carbocycles. The van der Waals surface area contributed by atoms with Gasteiger partial charge in [0.15, 0.2) is 0 Å². The van der Waals surface area contributed by atoms with Gasteiger partial charge in [-0.15, -0.1) is 24.8 Å². The van der Waals surface area contributed by atoms with Crippen LogP contribution in [0.15, 0.2) is 30.3 Å². The molecular formula is C23H37Cl2N3OS. The molecule has 170 valence electrons. The second-order valence-corrected chi connectivity index (χ2v) is 10.0. The highest BCUT2D eigenvalue weighted by molar-refractivity contribution is 7.98. The van der Waals surface area contributed by atoms with Gasteiger partial charge in [-0.3, -0.25) is 9.69 Å². The predicted octanol–water partition coefficient (Wildman–Crippen LogP) is 3.85. The highest BCUT2D eigenvalue weighted by atomic mass is 35.5. The zero-order valence-corrected chi connectivity index (χ0v) is 20.4. The van der Waals surface area contributed by atoms with Gasteiger partial charge in [-0.1, -0.05) is 36.8 Å². The summed E-state index contributed by atoms with van der Waals surface area (Å²) in [5.74, 6) is 2.39. The van der Waals surface area contributed by atoms with Crippen LogP contribution in [0.4, 0.5) is 0 Å². The summed E-state index contributed by atoms with van der Waals surface area (Å²) in [6.45, 7) is 2.98. The van der Waals surface area contributed by atoms with Gasteiger partial charge in [-0.05, 0) is 61.5 Å².